The van der Waals surface area contributed by atoms with Crippen molar-refractivity contribution in [2.45, 2.75) is 60.8 Å². The van der Waals surface area contributed by atoms with Gasteiger partial charge in [0.05, 0.1) is 10.3 Å². The van der Waals surface area contributed by atoms with Crippen LogP contribution in [0.25, 0.3) is 0 Å². The van der Waals surface area contributed by atoms with Gasteiger partial charge in [-0.05, 0) is 43.2 Å². The van der Waals surface area contributed by atoms with Crippen molar-refractivity contribution in [1.82, 2.24) is 5.32 Å². The SMILES string of the molecule is CC(NC1C[C@H](C)Sc2sccc21)C1CCCO1. The predicted molar refractivity (Wildman–Crippen MR) is 78.6 cm³/mol. The molecule has 3 unspecified atom stereocenters. The molecule has 0 aromatic carbocycles. The van der Waals surface area contributed by atoms with Gasteiger partial charge >= 0.3 is 0 Å². The molecule has 3 rings (SSSR count). The molecule has 2 aliphatic heterocycles. The van der Waals surface area contributed by atoms with Gasteiger partial charge in [0.25, 0.3) is 0 Å². The van der Waals surface area contributed by atoms with E-state index in [1.54, 1.807) is 0 Å². The highest BCUT2D eigenvalue weighted by molar-refractivity contribution is 8.01. The Bertz CT molecular complexity index is 400. The van der Waals surface area contributed by atoms with Gasteiger partial charge in [-0.2, -0.15) is 0 Å². The summed E-state index contributed by atoms with van der Waals surface area (Å²) in [6.07, 6.45) is 4.07. The number of ether oxygens (including phenoxy) is 1. The predicted octanol–water partition coefficient (Wildman–Crippen LogP) is 3.83. The molecule has 0 saturated carbocycles. The minimum atomic E-state index is 0.414. The Labute approximate surface area is 117 Å². The fourth-order valence-electron chi connectivity index (χ4n) is 2.93. The number of fused-ring (bicyclic) bond motifs is 1. The van der Waals surface area contributed by atoms with E-state index in [-0.39, 0.29) is 0 Å². The van der Waals surface area contributed by atoms with Crippen molar-refractivity contribution in [3.05, 3.63) is 17.0 Å². The van der Waals surface area contributed by atoms with E-state index in [0.717, 1.165) is 6.61 Å². The summed E-state index contributed by atoms with van der Waals surface area (Å²) < 4.78 is 7.29. The molecule has 0 bridgehead atoms. The van der Waals surface area contributed by atoms with Crippen molar-refractivity contribution in [2.75, 3.05) is 6.61 Å². The molecule has 3 heterocycles. The molecule has 1 aromatic rings. The van der Waals surface area contributed by atoms with E-state index in [4.69, 9.17) is 4.74 Å². The van der Waals surface area contributed by atoms with Gasteiger partial charge in [-0.3, -0.25) is 0 Å². The molecule has 2 nitrogen and oxygen atoms in total. The summed E-state index contributed by atoms with van der Waals surface area (Å²) in [5, 5.41) is 6.74. The Morgan fingerprint density at radius 1 is 1.50 bits per heavy atom. The number of hydrogen-bond acceptors (Lipinski definition) is 4. The summed E-state index contributed by atoms with van der Waals surface area (Å²) >= 11 is 3.91. The zero-order valence-corrected chi connectivity index (χ0v) is 12.7. The molecule has 4 heteroatoms. The van der Waals surface area contributed by atoms with Crippen LogP contribution in [0, 0.1) is 0 Å². The molecule has 0 aliphatic carbocycles. The Morgan fingerprint density at radius 2 is 2.39 bits per heavy atom. The maximum absolute atomic E-state index is 5.79. The third kappa shape index (κ3) is 2.62. The number of nitrogens with one attached hydrogen (secondary N) is 1. The van der Waals surface area contributed by atoms with Crippen LogP contribution in [0.1, 0.15) is 44.7 Å². The largest absolute Gasteiger partial charge is 0.377 e. The topological polar surface area (TPSA) is 21.3 Å². The van der Waals surface area contributed by atoms with Crippen LogP contribution in [-0.2, 0) is 4.74 Å². The first kappa shape index (κ1) is 13.0. The molecule has 0 spiro atoms. The average Bonchev–Trinajstić information content (AvgIpc) is 2.98. The first-order valence-corrected chi connectivity index (χ1v) is 8.61. The summed E-state index contributed by atoms with van der Waals surface area (Å²) in [6, 6.07) is 3.26. The summed E-state index contributed by atoms with van der Waals surface area (Å²) in [5.74, 6) is 0. The van der Waals surface area contributed by atoms with Crippen LogP contribution < -0.4 is 5.32 Å². The average molecular weight is 283 g/mol. The van der Waals surface area contributed by atoms with E-state index >= 15 is 0 Å². The second kappa shape index (κ2) is 5.53. The van der Waals surface area contributed by atoms with Crippen molar-refractivity contribution >= 4 is 23.1 Å². The second-order valence-corrected chi connectivity index (χ2v) is 8.01. The molecular formula is C14H21NOS2. The van der Waals surface area contributed by atoms with Gasteiger partial charge in [-0.25, -0.2) is 0 Å². The van der Waals surface area contributed by atoms with E-state index < -0.39 is 0 Å². The van der Waals surface area contributed by atoms with Gasteiger partial charge < -0.3 is 10.1 Å². The molecule has 0 amide bonds. The Balaban J connectivity index is 1.69. The van der Waals surface area contributed by atoms with Crippen molar-refractivity contribution in [3.8, 4) is 0 Å². The highest BCUT2D eigenvalue weighted by Gasteiger charge is 2.30. The van der Waals surface area contributed by atoms with Crippen LogP contribution in [0.3, 0.4) is 0 Å². The third-order valence-electron chi connectivity index (χ3n) is 3.90. The normalized spacial score (nSPS) is 33.3. The van der Waals surface area contributed by atoms with Crippen molar-refractivity contribution in [2.24, 2.45) is 0 Å². The fourth-order valence-corrected chi connectivity index (χ4v) is 5.50. The molecule has 4 atom stereocenters. The molecule has 18 heavy (non-hydrogen) atoms. The third-order valence-corrected chi connectivity index (χ3v) is 6.24. The van der Waals surface area contributed by atoms with Crippen LogP contribution >= 0.6 is 23.1 Å². The molecular weight excluding hydrogens is 262 g/mol. The highest BCUT2D eigenvalue weighted by atomic mass is 32.2. The van der Waals surface area contributed by atoms with E-state index in [2.05, 4.69) is 30.6 Å². The van der Waals surface area contributed by atoms with E-state index in [1.165, 1.54) is 29.0 Å². The lowest BCUT2D eigenvalue weighted by molar-refractivity contribution is 0.0790. The summed E-state index contributed by atoms with van der Waals surface area (Å²) in [4.78, 5) is 0. The van der Waals surface area contributed by atoms with E-state index in [1.807, 2.05) is 23.1 Å². The maximum Gasteiger partial charge on any atom is 0.0726 e. The minimum absolute atomic E-state index is 0.414. The minimum Gasteiger partial charge on any atom is -0.377 e. The zero-order valence-electron chi connectivity index (χ0n) is 11.0. The molecule has 0 radical (unpaired) electrons. The lowest BCUT2D eigenvalue weighted by atomic mass is 10.0. The quantitative estimate of drug-likeness (QED) is 0.911. The lowest BCUT2D eigenvalue weighted by Gasteiger charge is -2.32. The summed E-state index contributed by atoms with van der Waals surface area (Å²) in [7, 11) is 0. The van der Waals surface area contributed by atoms with Crippen molar-refractivity contribution in [3.63, 3.8) is 0 Å². The first-order valence-electron chi connectivity index (χ1n) is 6.85. The smallest absolute Gasteiger partial charge is 0.0726 e. The van der Waals surface area contributed by atoms with Gasteiger partial charge in [-0.15, -0.1) is 23.1 Å². The zero-order chi connectivity index (χ0) is 12.5. The Morgan fingerprint density at radius 3 is 3.17 bits per heavy atom. The van der Waals surface area contributed by atoms with Crippen LogP contribution in [0.15, 0.2) is 15.7 Å². The standard InChI is InChI=1S/C14H21NOS2/c1-9-8-12(11-5-7-17-14(11)18-9)15-10(2)13-4-3-6-16-13/h5,7,9-10,12-13,15H,3-4,6,8H2,1-2H3/t9-,10?,12?,13?/m0/s1. The van der Waals surface area contributed by atoms with Crippen LogP contribution in [0.4, 0.5) is 0 Å². The summed E-state index contributed by atoms with van der Waals surface area (Å²) in [5.41, 5.74) is 1.51. The number of thioether (sulfide) groups is 1. The van der Waals surface area contributed by atoms with E-state index in [0.29, 0.717) is 23.4 Å². The first-order chi connectivity index (χ1) is 8.74. The molecule has 2 aliphatic rings. The molecule has 1 N–H and O–H groups in total. The number of thiophene rings is 1. The Hall–Kier alpha value is -0.0300. The van der Waals surface area contributed by atoms with Gasteiger partial charge in [0.2, 0.25) is 0 Å². The van der Waals surface area contributed by atoms with Crippen LogP contribution in [0.5, 0.6) is 0 Å². The fraction of sp³-hybridized carbons (Fsp3) is 0.714. The van der Waals surface area contributed by atoms with Crippen molar-refractivity contribution in [1.29, 1.82) is 0 Å². The monoisotopic (exact) mass is 283 g/mol. The Kier molecular flexibility index (Phi) is 3.99. The second-order valence-electron chi connectivity index (χ2n) is 5.39. The summed E-state index contributed by atoms with van der Waals surface area (Å²) in [6.45, 7) is 5.55. The molecule has 1 saturated heterocycles. The molecule has 1 fully saturated rings. The maximum atomic E-state index is 5.79. The van der Waals surface area contributed by atoms with Gasteiger partial charge in [0.15, 0.2) is 0 Å². The molecule has 100 valence electrons. The number of hydrogen-bond donors (Lipinski definition) is 1. The van der Waals surface area contributed by atoms with Crippen LogP contribution in [0.2, 0.25) is 0 Å². The van der Waals surface area contributed by atoms with E-state index in [9.17, 15) is 0 Å². The van der Waals surface area contributed by atoms with Gasteiger partial charge in [-0.1, -0.05) is 6.92 Å². The van der Waals surface area contributed by atoms with Crippen molar-refractivity contribution < 1.29 is 4.74 Å². The van der Waals surface area contributed by atoms with Gasteiger partial charge in [0, 0.05) is 23.9 Å². The van der Waals surface area contributed by atoms with Gasteiger partial charge in [0.1, 0.15) is 0 Å². The highest BCUT2D eigenvalue weighted by Crippen LogP contribution is 2.44. The van der Waals surface area contributed by atoms with Crippen LogP contribution in [-0.4, -0.2) is 24.0 Å². The molecule has 1 aromatic heterocycles. The number of rotatable bonds is 3. The lowest BCUT2D eigenvalue weighted by Crippen LogP contribution is -2.40.